The molecular weight excluding hydrogens is 568 g/mol. The fraction of sp³-hybridized carbons (Fsp3) is 0.250. The molecule has 0 amide bonds. The summed E-state index contributed by atoms with van der Waals surface area (Å²) < 4.78 is 44.9. The number of para-hydroxylation sites is 1. The van der Waals surface area contributed by atoms with E-state index in [1.165, 1.54) is 26.4 Å². The molecule has 0 saturated carbocycles. The second-order valence-corrected chi connectivity index (χ2v) is 12.2. The molecule has 4 N–H and O–H groups in total. The highest BCUT2D eigenvalue weighted by Crippen LogP contribution is 2.33. The Balaban J connectivity index is 0.974. The van der Waals surface area contributed by atoms with Crippen LogP contribution in [0.3, 0.4) is 0 Å². The molecule has 2 heterocycles. The zero-order chi connectivity index (χ0) is 30.0. The lowest BCUT2D eigenvalue weighted by Gasteiger charge is -2.42. The number of aliphatic hydroxyl groups is 1. The molecule has 1 aliphatic rings. The standard InChI is InChI=1S/C32H34N4O6S/c1-40-29-15-14-25(16-31(29)41-2)43(38,39)35-21-10-12-23(13-11-21)36-18-22(19-36)33-17-24(37)20-42-30-9-5-8-28-32(30)26-6-3-4-7-27(26)34-28/h3-16,22,24,33-35,37H,17-20H2,1-2H3. The number of aromatic amines is 1. The van der Waals surface area contributed by atoms with Crippen molar-refractivity contribution in [3.63, 3.8) is 0 Å². The van der Waals surface area contributed by atoms with Gasteiger partial charge in [-0.15, -0.1) is 0 Å². The van der Waals surface area contributed by atoms with Gasteiger partial charge >= 0.3 is 0 Å². The van der Waals surface area contributed by atoms with Crippen LogP contribution in [0.15, 0.2) is 89.8 Å². The number of hydrogen-bond acceptors (Lipinski definition) is 8. The summed E-state index contributed by atoms with van der Waals surface area (Å²) in [5.74, 6) is 1.54. The number of ether oxygens (including phenoxy) is 3. The van der Waals surface area contributed by atoms with Crippen LogP contribution in [-0.2, 0) is 10.0 Å². The minimum atomic E-state index is -3.80. The summed E-state index contributed by atoms with van der Waals surface area (Å²) in [5, 5.41) is 16.1. The predicted octanol–water partition coefficient (Wildman–Crippen LogP) is 4.36. The fourth-order valence-electron chi connectivity index (χ4n) is 5.29. The van der Waals surface area contributed by atoms with Crippen LogP contribution in [0.1, 0.15) is 0 Å². The molecule has 0 spiro atoms. The number of methoxy groups -OCH3 is 2. The second-order valence-electron chi connectivity index (χ2n) is 10.5. The lowest BCUT2D eigenvalue weighted by atomic mass is 10.1. The Morgan fingerprint density at radius 3 is 2.42 bits per heavy atom. The summed E-state index contributed by atoms with van der Waals surface area (Å²) in [6.45, 7) is 2.15. The summed E-state index contributed by atoms with van der Waals surface area (Å²) in [4.78, 5) is 5.67. The van der Waals surface area contributed by atoms with Gasteiger partial charge in [0.25, 0.3) is 10.0 Å². The summed E-state index contributed by atoms with van der Waals surface area (Å²) in [5.41, 5.74) is 3.50. The Morgan fingerprint density at radius 2 is 1.65 bits per heavy atom. The summed E-state index contributed by atoms with van der Waals surface area (Å²) in [7, 11) is -0.850. The Bertz CT molecular complexity index is 1830. The molecule has 1 aromatic heterocycles. The molecule has 0 radical (unpaired) electrons. The van der Waals surface area contributed by atoms with Crippen molar-refractivity contribution in [2.24, 2.45) is 0 Å². The van der Waals surface area contributed by atoms with E-state index >= 15 is 0 Å². The van der Waals surface area contributed by atoms with Gasteiger partial charge in [-0.3, -0.25) is 4.72 Å². The molecule has 0 bridgehead atoms. The van der Waals surface area contributed by atoms with Crippen LogP contribution in [0.4, 0.5) is 11.4 Å². The number of aromatic nitrogens is 1. The molecule has 0 aliphatic carbocycles. The van der Waals surface area contributed by atoms with Crippen LogP contribution in [0.25, 0.3) is 21.8 Å². The number of hydrogen-bond donors (Lipinski definition) is 4. The van der Waals surface area contributed by atoms with E-state index in [1.54, 1.807) is 18.2 Å². The number of aliphatic hydroxyl groups excluding tert-OH is 1. The first-order valence-electron chi connectivity index (χ1n) is 14.0. The van der Waals surface area contributed by atoms with E-state index < -0.39 is 16.1 Å². The number of nitrogens with one attached hydrogen (secondary N) is 3. The number of sulfonamides is 1. The summed E-state index contributed by atoms with van der Waals surface area (Å²) in [6.07, 6.45) is -0.660. The third-order valence-corrected chi connectivity index (χ3v) is 8.98. The second kappa shape index (κ2) is 12.0. The zero-order valence-electron chi connectivity index (χ0n) is 23.9. The molecule has 6 rings (SSSR count). The van der Waals surface area contributed by atoms with E-state index in [0.29, 0.717) is 23.7 Å². The van der Waals surface area contributed by atoms with Gasteiger partial charge in [-0.1, -0.05) is 24.3 Å². The van der Waals surface area contributed by atoms with Gasteiger partial charge in [-0.05, 0) is 54.6 Å². The first kappa shape index (κ1) is 28.7. The van der Waals surface area contributed by atoms with E-state index in [-0.39, 0.29) is 17.5 Å². The van der Waals surface area contributed by atoms with Crippen LogP contribution in [-0.4, -0.2) is 71.1 Å². The Labute approximate surface area is 250 Å². The molecule has 1 unspecified atom stereocenters. The number of nitrogens with zero attached hydrogens (tertiary/aromatic N) is 1. The lowest BCUT2D eigenvalue weighted by molar-refractivity contribution is 0.103. The SMILES string of the molecule is COc1ccc(S(=O)(=O)Nc2ccc(N3CC(NCC(O)COc4cccc5[nH]c6ccccc6c45)C3)cc2)cc1OC. The molecule has 1 atom stereocenters. The van der Waals surface area contributed by atoms with Crippen molar-refractivity contribution in [1.82, 2.24) is 10.3 Å². The average Bonchev–Trinajstić information content (AvgIpc) is 3.39. The fourth-order valence-corrected chi connectivity index (χ4v) is 6.37. The van der Waals surface area contributed by atoms with Gasteiger partial charge in [0.05, 0.1) is 24.6 Å². The van der Waals surface area contributed by atoms with Crippen LogP contribution in [0, 0.1) is 0 Å². The molecular formula is C32H34N4O6S. The summed E-state index contributed by atoms with van der Waals surface area (Å²) in [6, 6.07) is 25.9. The van der Waals surface area contributed by atoms with E-state index in [2.05, 4.69) is 26.0 Å². The third-order valence-electron chi connectivity index (χ3n) is 7.60. The first-order valence-corrected chi connectivity index (χ1v) is 15.5. The van der Waals surface area contributed by atoms with E-state index in [0.717, 1.165) is 46.3 Å². The Kier molecular flexibility index (Phi) is 8.02. The maximum Gasteiger partial charge on any atom is 0.262 e. The van der Waals surface area contributed by atoms with Crippen molar-refractivity contribution in [3.05, 3.63) is 84.9 Å². The highest BCUT2D eigenvalue weighted by Gasteiger charge is 2.27. The largest absolute Gasteiger partial charge is 0.493 e. The van der Waals surface area contributed by atoms with Crippen LogP contribution in [0.5, 0.6) is 17.2 Å². The topological polar surface area (TPSA) is 125 Å². The van der Waals surface area contributed by atoms with Crippen molar-refractivity contribution < 1.29 is 27.7 Å². The number of anilines is 2. The number of benzene rings is 4. The Hall–Kier alpha value is -4.45. The minimum Gasteiger partial charge on any atom is -0.493 e. The molecule has 43 heavy (non-hydrogen) atoms. The van der Waals surface area contributed by atoms with Crippen LogP contribution >= 0.6 is 0 Å². The van der Waals surface area contributed by atoms with Gasteiger partial charge in [-0.2, -0.15) is 0 Å². The predicted molar refractivity (Wildman–Crippen MR) is 168 cm³/mol. The summed E-state index contributed by atoms with van der Waals surface area (Å²) >= 11 is 0. The quantitative estimate of drug-likeness (QED) is 0.166. The van der Waals surface area contributed by atoms with Gasteiger partial charge in [-0.25, -0.2) is 8.42 Å². The maximum atomic E-state index is 12.9. The number of H-pyrrole nitrogens is 1. The average molecular weight is 603 g/mol. The maximum absolute atomic E-state index is 12.9. The van der Waals surface area contributed by atoms with Gasteiger partial charge in [0.2, 0.25) is 0 Å². The minimum absolute atomic E-state index is 0.0773. The van der Waals surface area contributed by atoms with Crippen LogP contribution < -0.4 is 29.1 Å². The smallest absolute Gasteiger partial charge is 0.262 e. The van der Waals surface area contributed by atoms with Crippen LogP contribution in [0.2, 0.25) is 0 Å². The molecule has 5 aromatic rings. The van der Waals surface area contributed by atoms with Crippen molar-refractivity contribution in [2.75, 3.05) is 50.1 Å². The monoisotopic (exact) mass is 602 g/mol. The molecule has 11 heteroatoms. The van der Waals surface area contributed by atoms with E-state index in [4.69, 9.17) is 14.2 Å². The van der Waals surface area contributed by atoms with Gasteiger partial charge < -0.3 is 34.5 Å². The number of fused-ring (bicyclic) bond motifs is 3. The molecule has 1 saturated heterocycles. The molecule has 1 fully saturated rings. The number of rotatable bonds is 12. The van der Waals surface area contributed by atoms with E-state index in [9.17, 15) is 13.5 Å². The normalized spacial score (nSPS) is 14.4. The first-order chi connectivity index (χ1) is 20.8. The molecule has 10 nitrogen and oxygen atoms in total. The molecule has 1 aliphatic heterocycles. The van der Waals surface area contributed by atoms with Crippen molar-refractivity contribution in [2.45, 2.75) is 17.0 Å². The van der Waals surface area contributed by atoms with Crippen molar-refractivity contribution >= 4 is 43.2 Å². The molecule has 224 valence electrons. The van der Waals surface area contributed by atoms with Crippen molar-refractivity contribution in [1.29, 1.82) is 0 Å². The highest BCUT2D eigenvalue weighted by atomic mass is 32.2. The van der Waals surface area contributed by atoms with Gasteiger partial charge in [0, 0.05) is 59.4 Å². The third kappa shape index (κ3) is 6.05. The highest BCUT2D eigenvalue weighted by molar-refractivity contribution is 7.92. The van der Waals surface area contributed by atoms with Crippen molar-refractivity contribution in [3.8, 4) is 17.2 Å². The Morgan fingerprint density at radius 1 is 0.907 bits per heavy atom. The van der Waals surface area contributed by atoms with Gasteiger partial charge in [0.15, 0.2) is 11.5 Å². The lowest BCUT2D eigenvalue weighted by Crippen LogP contribution is -2.59. The molecule has 4 aromatic carbocycles. The van der Waals surface area contributed by atoms with Gasteiger partial charge in [0.1, 0.15) is 18.5 Å². The zero-order valence-corrected chi connectivity index (χ0v) is 24.7. The van der Waals surface area contributed by atoms with E-state index in [1.807, 2.05) is 48.5 Å².